The Morgan fingerprint density at radius 1 is 1.00 bits per heavy atom. The normalized spacial score (nSPS) is 9.62. The summed E-state index contributed by atoms with van der Waals surface area (Å²) in [6.07, 6.45) is 0. The molecule has 0 unspecified atom stereocenters. The number of anilines is 2. The average molecular weight is 224 g/mol. The summed E-state index contributed by atoms with van der Waals surface area (Å²) in [5.41, 5.74) is 0.907. The van der Waals surface area contributed by atoms with E-state index in [4.69, 9.17) is 10.2 Å². The summed E-state index contributed by atoms with van der Waals surface area (Å²) in [4.78, 5) is 21.8. The monoisotopic (exact) mass is 224 g/mol. The van der Waals surface area contributed by atoms with Crippen molar-refractivity contribution in [1.29, 1.82) is 0 Å². The summed E-state index contributed by atoms with van der Waals surface area (Å²) in [6.45, 7) is -1.21. The van der Waals surface area contributed by atoms with Gasteiger partial charge in [-0.05, 0) is 18.2 Å². The van der Waals surface area contributed by atoms with Crippen LogP contribution in [0.1, 0.15) is 0 Å². The molecule has 86 valence electrons. The van der Waals surface area contributed by atoms with Gasteiger partial charge in [0.2, 0.25) is 11.8 Å². The van der Waals surface area contributed by atoms with Crippen LogP contribution in [0, 0.1) is 0 Å². The molecule has 1 rings (SSSR count). The number of carbonyl (C=O) groups is 2. The van der Waals surface area contributed by atoms with Crippen molar-refractivity contribution in [2.24, 2.45) is 0 Å². The molecular formula is C10H12N2O4. The van der Waals surface area contributed by atoms with E-state index in [-0.39, 0.29) is 0 Å². The molecule has 6 nitrogen and oxygen atoms in total. The van der Waals surface area contributed by atoms with E-state index in [1.54, 1.807) is 18.2 Å². The van der Waals surface area contributed by atoms with Gasteiger partial charge in [-0.2, -0.15) is 0 Å². The standard InChI is InChI=1S/C10H12N2O4/c13-5-9(15)11-7-2-1-3-8(4-7)12-10(16)6-14/h1-4,13-14H,5-6H2,(H,11,15)(H,12,16). The van der Waals surface area contributed by atoms with Gasteiger partial charge in [0, 0.05) is 11.4 Å². The van der Waals surface area contributed by atoms with Crippen molar-refractivity contribution in [3.63, 3.8) is 0 Å². The maximum Gasteiger partial charge on any atom is 0.250 e. The van der Waals surface area contributed by atoms with Crippen molar-refractivity contribution >= 4 is 23.2 Å². The fraction of sp³-hybridized carbons (Fsp3) is 0.200. The number of amides is 2. The highest BCUT2D eigenvalue weighted by Gasteiger charge is 2.03. The van der Waals surface area contributed by atoms with Crippen LogP contribution in [0.2, 0.25) is 0 Å². The van der Waals surface area contributed by atoms with Crippen LogP contribution >= 0.6 is 0 Å². The minimum Gasteiger partial charge on any atom is -0.387 e. The van der Waals surface area contributed by atoms with Gasteiger partial charge in [-0.25, -0.2) is 0 Å². The van der Waals surface area contributed by atoms with Gasteiger partial charge < -0.3 is 20.8 Å². The van der Waals surface area contributed by atoms with E-state index in [1.165, 1.54) is 6.07 Å². The zero-order valence-electron chi connectivity index (χ0n) is 8.43. The Balaban J connectivity index is 2.71. The van der Waals surface area contributed by atoms with Gasteiger partial charge in [0.25, 0.3) is 0 Å². The summed E-state index contributed by atoms with van der Waals surface area (Å²) < 4.78 is 0. The molecule has 0 radical (unpaired) electrons. The first-order valence-corrected chi connectivity index (χ1v) is 4.57. The molecule has 0 aliphatic carbocycles. The first kappa shape index (κ1) is 12.2. The second-order valence-corrected chi connectivity index (χ2v) is 2.99. The third kappa shape index (κ3) is 3.68. The predicted octanol–water partition coefficient (Wildman–Crippen LogP) is -0.452. The predicted molar refractivity (Wildman–Crippen MR) is 57.9 cm³/mol. The Bertz CT molecular complexity index is 359. The molecule has 0 saturated carbocycles. The molecule has 0 bridgehead atoms. The van der Waals surface area contributed by atoms with Gasteiger partial charge in [-0.15, -0.1) is 0 Å². The summed E-state index contributed by atoms with van der Waals surface area (Å²) in [7, 11) is 0. The van der Waals surface area contributed by atoms with Gasteiger partial charge in [0.1, 0.15) is 13.2 Å². The van der Waals surface area contributed by atoms with E-state index in [0.29, 0.717) is 11.4 Å². The lowest BCUT2D eigenvalue weighted by Crippen LogP contribution is -2.17. The van der Waals surface area contributed by atoms with E-state index in [2.05, 4.69) is 10.6 Å². The summed E-state index contributed by atoms with van der Waals surface area (Å²) in [5.74, 6) is -1.07. The largest absolute Gasteiger partial charge is 0.387 e. The number of nitrogens with one attached hydrogen (secondary N) is 2. The van der Waals surface area contributed by atoms with Gasteiger partial charge >= 0.3 is 0 Å². The molecular weight excluding hydrogens is 212 g/mol. The third-order valence-electron chi connectivity index (χ3n) is 1.72. The number of carbonyl (C=O) groups excluding carboxylic acids is 2. The molecule has 0 saturated heterocycles. The molecule has 6 heteroatoms. The maximum atomic E-state index is 10.9. The second-order valence-electron chi connectivity index (χ2n) is 2.99. The Hall–Kier alpha value is -1.92. The Labute approximate surface area is 91.9 Å². The van der Waals surface area contributed by atoms with Gasteiger partial charge in [-0.1, -0.05) is 6.07 Å². The van der Waals surface area contributed by atoms with Crippen LogP contribution in [0.3, 0.4) is 0 Å². The van der Waals surface area contributed by atoms with Gasteiger partial charge in [0.15, 0.2) is 0 Å². The minimum atomic E-state index is -0.604. The number of rotatable bonds is 4. The molecule has 0 heterocycles. The molecule has 1 aromatic rings. The Morgan fingerprint density at radius 2 is 1.44 bits per heavy atom. The lowest BCUT2D eigenvalue weighted by molar-refractivity contribution is -0.119. The minimum absolute atomic E-state index is 0.454. The Morgan fingerprint density at radius 3 is 1.81 bits per heavy atom. The second kappa shape index (κ2) is 5.84. The highest BCUT2D eigenvalue weighted by Crippen LogP contribution is 2.14. The van der Waals surface area contributed by atoms with Gasteiger partial charge in [-0.3, -0.25) is 9.59 Å². The van der Waals surface area contributed by atoms with Crippen molar-refractivity contribution < 1.29 is 19.8 Å². The quantitative estimate of drug-likeness (QED) is 0.556. The van der Waals surface area contributed by atoms with E-state index in [0.717, 1.165) is 0 Å². The molecule has 0 aliphatic rings. The van der Waals surface area contributed by atoms with Crippen LogP contribution in [0.4, 0.5) is 11.4 Å². The smallest absolute Gasteiger partial charge is 0.250 e. The molecule has 16 heavy (non-hydrogen) atoms. The number of aliphatic hydroxyl groups excluding tert-OH is 2. The zero-order valence-corrected chi connectivity index (χ0v) is 8.43. The van der Waals surface area contributed by atoms with Crippen molar-refractivity contribution in [3.8, 4) is 0 Å². The fourth-order valence-corrected chi connectivity index (χ4v) is 1.08. The van der Waals surface area contributed by atoms with Crippen LogP contribution in [-0.4, -0.2) is 35.2 Å². The molecule has 0 fully saturated rings. The summed E-state index contributed by atoms with van der Waals surface area (Å²) in [6, 6.07) is 6.37. The van der Waals surface area contributed by atoms with Crippen molar-refractivity contribution in [3.05, 3.63) is 24.3 Å². The zero-order chi connectivity index (χ0) is 12.0. The fourth-order valence-electron chi connectivity index (χ4n) is 1.08. The molecule has 2 amide bonds. The number of hydrogen-bond donors (Lipinski definition) is 4. The van der Waals surface area contributed by atoms with Crippen molar-refractivity contribution in [2.45, 2.75) is 0 Å². The van der Waals surface area contributed by atoms with E-state index < -0.39 is 25.0 Å². The van der Waals surface area contributed by atoms with E-state index in [9.17, 15) is 9.59 Å². The SMILES string of the molecule is O=C(CO)Nc1cccc(NC(=O)CO)c1. The first-order chi connectivity index (χ1) is 7.65. The number of benzene rings is 1. The average Bonchev–Trinajstić information content (AvgIpc) is 2.29. The van der Waals surface area contributed by atoms with Gasteiger partial charge in [0.05, 0.1) is 0 Å². The van der Waals surface area contributed by atoms with Crippen molar-refractivity contribution in [1.82, 2.24) is 0 Å². The molecule has 4 N–H and O–H groups in total. The van der Waals surface area contributed by atoms with E-state index in [1.807, 2.05) is 0 Å². The topological polar surface area (TPSA) is 98.7 Å². The summed E-state index contributed by atoms with van der Waals surface area (Å²) >= 11 is 0. The number of aliphatic hydroxyl groups is 2. The summed E-state index contributed by atoms with van der Waals surface area (Å²) in [5, 5.41) is 21.9. The molecule has 0 spiro atoms. The molecule has 0 aliphatic heterocycles. The highest BCUT2D eigenvalue weighted by atomic mass is 16.3. The lowest BCUT2D eigenvalue weighted by atomic mass is 10.2. The maximum absolute atomic E-state index is 10.9. The third-order valence-corrected chi connectivity index (χ3v) is 1.72. The molecule has 0 atom stereocenters. The van der Waals surface area contributed by atoms with Crippen molar-refractivity contribution in [2.75, 3.05) is 23.8 Å². The highest BCUT2D eigenvalue weighted by molar-refractivity contribution is 5.94. The number of hydrogen-bond acceptors (Lipinski definition) is 4. The lowest BCUT2D eigenvalue weighted by Gasteiger charge is -2.06. The van der Waals surface area contributed by atoms with Crippen LogP contribution in [0.5, 0.6) is 0 Å². The molecule has 1 aromatic carbocycles. The van der Waals surface area contributed by atoms with Crippen LogP contribution in [0.15, 0.2) is 24.3 Å². The van der Waals surface area contributed by atoms with Crippen LogP contribution < -0.4 is 10.6 Å². The van der Waals surface area contributed by atoms with Crippen LogP contribution in [0.25, 0.3) is 0 Å². The molecule has 0 aromatic heterocycles. The first-order valence-electron chi connectivity index (χ1n) is 4.57. The Kier molecular flexibility index (Phi) is 4.43. The van der Waals surface area contributed by atoms with E-state index >= 15 is 0 Å². The van der Waals surface area contributed by atoms with Crippen LogP contribution in [-0.2, 0) is 9.59 Å².